The number of nitrogens with zero attached hydrogens (tertiary/aromatic N) is 3. The van der Waals surface area contributed by atoms with E-state index in [2.05, 4.69) is 20.5 Å². The van der Waals surface area contributed by atoms with Crippen molar-refractivity contribution < 1.29 is 9.90 Å². The lowest BCUT2D eigenvalue weighted by atomic mass is 10.1. The van der Waals surface area contributed by atoms with Gasteiger partial charge in [-0.1, -0.05) is 18.6 Å². The number of carbonyl (C=O) groups is 1. The third kappa shape index (κ3) is 5.50. The summed E-state index contributed by atoms with van der Waals surface area (Å²) in [5, 5.41) is 20.2. The fourth-order valence-corrected chi connectivity index (χ4v) is 2.14. The molecule has 0 saturated heterocycles. The summed E-state index contributed by atoms with van der Waals surface area (Å²) >= 11 is 0. The third-order valence-corrected chi connectivity index (χ3v) is 3.61. The van der Waals surface area contributed by atoms with Crippen molar-refractivity contribution in [3.63, 3.8) is 0 Å². The average Bonchev–Trinajstić information content (AvgIpc) is 2.62. The van der Waals surface area contributed by atoms with Crippen LogP contribution in [-0.4, -0.2) is 28.6 Å². The van der Waals surface area contributed by atoms with Crippen LogP contribution >= 0.6 is 0 Å². The summed E-state index contributed by atoms with van der Waals surface area (Å²) in [6, 6.07) is 9.02. The molecule has 8 N–H and O–H groups in total. The predicted octanol–water partition coefficient (Wildman–Crippen LogP) is 2.18. The van der Waals surface area contributed by atoms with Gasteiger partial charge in [0, 0.05) is 0 Å². The molecular formula is C17H23N7O2. The van der Waals surface area contributed by atoms with Gasteiger partial charge >= 0.3 is 0 Å². The summed E-state index contributed by atoms with van der Waals surface area (Å²) in [5.74, 6) is 0.0507. The number of amides is 1. The lowest BCUT2D eigenvalue weighted by Crippen LogP contribution is -2.35. The van der Waals surface area contributed by atoms with Crippen LogP contribution in [0.15, 0.2) is 46.6 Å². The van der Waals surface area contributed by atoms with Crippen molar-refractivity contribution in [1.29, 1.82) is 0 Å². The first-order valence-corrected chi connectivity index (χ1v) is 8.24. The monoisotopic (exact) mass is 357 g/mol. The van der Waals surface area contributed by atoms with Gasteiger partial charge in [0.2, 0.25) is 5.91 Å². The first-order chi connectivity index (χ1) is 12.5. The van der Waals surface area contributed by atoms with Gasteiger partial charge in [0.05, 0.1) is 6.04 Å². The van der Waals surface area contributed by atoms with E-state index in [4.69, 9.17) is 17.2 Å². The molecule has 9 heteroatoms. The van der Waals surface area contributed by atoms with E-state index in [1.807, 2.05) is 0 Å². The van der Waals surface area contributed by atoms with Crippen molar-refractivity contribution in [2.24, 2.45) is 21.7 Å². The second kappa shape index (κ2) is 9.44. The van der Waals surface area contributed by atoms with Crippen LogP contribution in [0.4, 0.5) is 23.0 Å². The van der Waals surface area contributed by atoms with Crippen LogP contribution < -0.4 is 22.5 Å². The van der Waals surface area contributed by atoms with Crippen molar-refractivity contribution in [2.75, 3.05) is 17.6 Å². The van der Waals surface area contributed by atoms with Crippen molar-refractivity contribution in [2.45, 2.75) is 25.3 Å². The summed E-state index contributed by atoms with van der Waals surface area (Å²) in [6.07, 6.45) is 2.15. The van der Waals surface area contributed by atoms with Crippen LogP contribution in [0.5, 0.6) is 5.75 Å². The van der Waals surface area contributed by atoms with E-state index < -0.39 is 6.04 Å². The number of para-hydroxylation sites is 1. The zero-order valence-corrected chi connectivity index (χ0v) is 14.3. The minimum atomic E-state index is -0.634. The van der Waals surface area contributed by atoms with Gasteiger partial charge in [0.15, 0.2) is 5.82 Å². The number of anilines is 2. The Morgan fingerprint density at radius 3 is 2.58 bits per heavy atom. The van der Waals surface area contributed by atoms with E-state index in [0.29, 0.717) is 24.3 Å². The number of nitrogens with one attached hydrogen (secondary N) is 1. The standard InChI is InChI=1S/C17H23N7O2/c18-10-4-3-5-11(19)17(26)22-15-9-8-13(16(20)21-15)24-23-12-6-1-2-7-14(12)25/h1-2,6-9,11,25H,3-5,10,18-19H2,(H3,20,21,22,26)/t11-/m0/s1. The van der Waals surface area contributed by atoms with E-state index in [1.54, 1.807) is 30.3 Å². The molecule has 0 radical (unpaired) electrons. The number of aromatic nitrogens is 1. The summed E-state index contributed by atoms with van der Waals surface area (Å²) in [7, 11) is 0. The second-order valence-corrected chi connectivity index (χ2v) is 5.67. The normalized spacial score (nSPS) is 12.2. The maximum Gasteiger partial charge on any atom is 0.242 e. The minimum absolute atomic E-state index is 0.00953. The molecule has 1 amide bonds. The number of carbonyl (C=O) groups excluding carboxylic acids is 1. The first-order valence-electron chi connectivity index (χ1n) is 8.24. The minimum Gasteiger partial charge on any atom is -0.506 e. The molecular weight excluding hydrogens is 334 g/mol. The number of aromatic hydroxyl groups is 1. The van der Waals surface area contributed by atoms with Gasteiger partial charge in [0.25, 0.3) is 0 Å². The number of unbranched alkanes of at least 4 members (excludes halogenated alkanes) is 1. The Balaban J connectivity index is 2.00. The molecule has 2 rings (SSSR count). The molecule has 1 aromatic carbocycles. The van der Waals surface area contributed by atoms with Crippen molar-refractivity contribution in [3.05, 3.63) is 36.4 Å². The Kier molecular flexibility index (Phi) is 7.01. The van der Waals surface area contributed by atoms with Gasteiger partial charge in [-0.25, -0.2) is 4.98 Å². The highest BCUT2D eigenvalue weighted by Gasteiger charge is 2.14. The number of benzene rings is 1. The Morgan fingerprint density at radius 1 is 1.15 bits per heavy atom. The molecule has 26 heavy (non-hydrogen) atoms. The summed E-state index contributed by atoms with van der Waals surface area (Å²) in [5.41, 5.74) is 17.7. The van der Waals surface area contributed by atoms with Crippen molar-refractivity contribution >= 4 is 28.9 Å². The first kappa shape index (κ1) is 19.3. The fraction of sp³-hybridized carbons (Fsp3) is 0.294. The summed E-state index contributed by atoms with van der Waals surface area (Å²) < 4.78 is 0. The zero-order valence-electron chi connectivity index (χ0n) is 14.3. The van der Waals surface area contributed by atoms with Crippen LogP contribution in [0.2, 0.25) is 0 Å². The Labute approximate surface area is 151 Å². The number of rotatable bonds is 8. The number of nitrogen functional groups attached to an aromatic ring is 1. The summed E-state index contributed by atoms with van der Waals surface area (Å²) in [6.45, 7) is 0.573. The highest BCUT2D eigenvalue weighted by Crippen LogP contribution is 2.29. The Hall–Kier alpha value is -3.04. The molecule has 138 valence electrons. The third-order valence-electron chi connectivity index (χ3n) is 3.61. The largest absolute Gasteiger partial charge is 0.506 e. The number of phenols is 1. The molecule has 9 nitrogen and oxygen atoms in total. The van der Waals surface area contributed by atoms with Gasteiger partial charge in [-0.3, -0.25) is 4.79 Å². The van der Waals surface area contributed by atoms with Gasteiger partial charge in [0.1, 0.15) is 22.9 Å². The van der Waals surface area contributed by atoms with E-state index in [0.717, 1.165) is 12.8 Å². The van der Waals surface area contributed by atoms with Crippen LogP contribution in [0.25, 0.3) is 0 Å². The van der Waals surface area contributed by atoms with Gasteiger partial charge in [-0.2, -0.15) is 0 Å². The molecule has 0 spiro atoms. The molecule has 1 atom stereocenters. The molecule has 0 saturated carbocycles. The number of hydrogen-bond donors (Lipinski definition) is 5. The lowest BCUT2D eigenvalue weighted by Gasteiger charge is -2.12. The van der Waals surface area contributed by atoms with Gasteiger partial charge in [-0.15, -0.1) is 10.2 Å². The molecule has 1 aromatic heterocycles. The number of hydrogen-bond acceptors (Lipinski definition) is 8. The van der Waals surface area contributed by atoms with Gasteiger partial charge < -0.3 is 27.6 Å². The molecule has 1 heterocycles. The van der Waals surface area contributed by atoms with E-state index in [1.165, 1.54) is 6.07 Å². The molecule has 2 aromatic rings. The number of phenolic OH excluding ortho intramolecular Hbond substituents is 1. The quantitative estimate of drug-likeness (QED) is 0.359. The predicted molar refractivity (Wildman–Crippen MR) is 100 cm³/mol. The molecule has 0 bridgehead atoms. The van der Waals surface area contributed by atoms with Gasteiger partial charge in [-0.05, 0) is 43.7 Å². The molecule has 0 fully saturated rings. The number of pyridine rings is 1. The average molecular weight is 357 g/mol. The maximum atomic E-state index is 12.0. The maximum absolute atomic E-state index is 12.0. The van der Waals surface area contributed by atoms with Crippen molar-refractivity contribution in [3.8, 4) is 5.75 Å². The Bertz CT molecular complexity index is 779. The van der Waals surface area contributed by atoms with Crippen LogP contribution in [0, 0.1) is 0 Å². The van der Waals surface area contributed by atoms with E-state index in [-0.39, 0.29) is 23.3 Å². The van der Waals surface area contributed by atoms with Crippen LogP contribution in [0.1, 0.15) is 19.3 Å². The Morgan fingerprint density at radius 2 is 1.88 bits per heavy atom. The topological polar surface area (TPSA) is 165 Å². The molecule has 0 unspecified atom stereocenters. The van der Waals surface area contributed by atoms with Crippen LogP contribution in [-0.2, 0) is 4.79 Å². The zero-order chi connectivity index (χ0) is 18.9. The molecule has 0 aliphatic heterocycles. The summed E-state index contributed by atoms with van der Waals surface area (Å²) in [4.78, 5) is 16.1. The second-order valence-electron chi connectivity index (χ2n) is 5.67. The van der Waals surface area contributed by atoms with Crippen LogP contribution in [0.3, 0.4) is 0 Å². The lowest BCUT2D eigenvalue weighted by molar-refractivity contribution is -0.117. The highest BCUT2D eigenvalue weighted by atomic mass is 16.3. The van der Waals surface area contributed by atoms with Crippen molar-refractivity contribution in [1.82, 2.24) is 4.98 Å². The smallest absolute Gasteiger partial charge is 0.242 e. The highest BCUT2D eigenvalue weighted by molar-refractivity contribution is 5.94. The van der Waals surface area contributed by atoms with E-state index in [9.17, 15) is 9.90 Å². The number of azo groups is 1. The molecule has 0 aliphatic rings. The fourth-order valence-electron chi connectivity index (χ4n) is 2.14. The SMILES string of the molecule is NCCCC[C@H](N)C(=O)Nc1ccc(N=Nc2ccccc2O)c(N)n1. The number of nitrogens with two attached hydrogens (primary N) is 3. The molecule has 0 aliphatic carbocycles. The van der Waals surface area contributed by atoms with E-state index >= 15 is 0 Å².